The third-order valence-corrected chi connectivity index (χ3v) is 5.47. The topological polar surface area (TPSA) is 88.9 Å². The minimum absolute atomic E-state index is 0.123. The van der Waals surface area contributed by atoms with E-state index in [1.165, 1.54) is 11.8 Å². The summed E-state index contributed by atoms with van der Waals surface area (Å²) in [5.41, 5.74) is 1.76. The lowest BCUT2D eigenvalue weighted by atomic mass is 10.1. The molecule has 0 spiro atoms. The zero-order valence-electron chi connectivity index (χ0n) is 15.3. The van der Waals surface area contributed by atoms with Crippen molar-refractivity contribution in [1.29, 1.82) is 0 Å². The number of nitrogens with one attached hydrogen (secondary N) is 2. The molecule has 4 rings (SSSR count). The predicted octanol–water partition coefficient (Wildman–Crippen LogP) is 3.54. The third-order valence-electron chi connectivity index (χ3n) is 4.29. The molecule has 7 nitrogen and oxygen atoms in total. The maximum absolute atomic E-state index is 12.5. The molecule has 0 aliphatic heterocycles. The van der Waals surface area contributed by atoms with Gasteiger partial charge < -0.3 is 10.6 Å². The summed E-state index contributed by atoms with van der Waals surface area (Å²) in [7, 11) is 0. The van der Waals surface area contributed by atoms with E-state index in [0.29, 0.717) is 21.4 Å². The number of carbonyl (C=O) groups is 2. The zero-order valence-corrected chi connectivity index (χ0v) is 16.9. The highest BCUT2D eigenvalue weighted by molar-refractivity contribution is 7.99. The summed E-state index contributed by atoms with van der Waals surface area (Å²) >= 11 is 7.30. The number of carbonyl (C=O) groups excluding carboxylic acids is 2. The first kappa shape index (κ1) is 19.5. The lowest BCUT2D eigenvalue weighted by Crippen LogP contribution is -2.27. The van der Waals surface area contributed by atoms with Crippen molar-refractivity contribution in [3.63, 3.8) is 0 Å². The van der Waals surface area contributed by atoms with Gasteiger partial charge in [-0.3, -0.25) is 14.2 Å². The van der Waals surface area contributed by atoms with Crippen LogP contribution in [0.1, 0.15) is 23.2 Å². The molecule has 29 heavy (non-hydrogen) atoms. The van der Waals surface area contributed by atoms with E-state index in [1.54, 1.807) is 47.3 Å². The number of halogens is 1. The number of para-hydroxylation sites is 1. The van der Waals surface area contributed by atoms with Crippen LogP contribution in [0.5, 0.6) is 0 Å². The first-order chi connectivity index (χ1) is 14.1. The summed E-state index contributed by atoms with van der Waals surface area (Å²) in [5.74, 6) is -0.281. The molecule has 3 aromatic rings. The van der Waals surface area contributed by atoms with E-state index in [9.17, 15) is 9.59 Å². The number of benzene rings is 2. The second kappa shape index (κ2) is 8.67. The number of amides is 2. The molecule has 1 heterocycles. The SMILES string of the molecule is O=C(CSc1nncn1-c1cccc(Cl)c1)Nc1ccccc1C(=O)NC1CC1. The number of hydrogen-bond donors (Lipinski definition) is 2. The Labute approximate surface area is 176 Å². The summed E-state index contributed by atoms with van der Waals surface area (Å²) in [4.78, 5) is 24.8. The van der Waals surface area contributed by atoms with Crippen LogP contribution in [0, 0.1) is 0 Å². The summed E-state index contributed by atoms with van der Waals surface area (Å²) in [5, 5.41) is 14.9. The molecular formula is C20H18ClN5O2S. The van der Waals surface area contributed by atoms with E-state index in [4.69, 9.17) is 11.6 Å². The molecule has 0 bridgehead atoms. The maximum Gasteiger partial charge on any atom is 0.253 e. The van der Waals surface area contributed by atoms with Gasteiger partial charge in [-0.25, -0.2) is 0 Å². The van der Waals surface area contributed by atoms with Gasteiger partial charge in [-0.1, -0.05) is 41.6 Å². The van der Waals surface area contributed by atoms with E-state index in [-0.39, 0.29) is 23.6 Å². The number of hydrogen-bond acceptors (Lipinski definition) is 5. The molecule has 0 unspecified atom stereocenters. The Balaban J connectivity index is 1.41. The predicted molar refractivity (Wildman–Crippen MR) is 113 cm³/mol. The summed E-state index contributed by atoms with van der Waals surface area (Å²) in [6.45, 7) is 0. The van der Waals surface area contributed by atoms with E-state index in [0.717, 1.165) is 18.5 Å². The van der Waals surface area contributed by atoms with Gasteiger partial charge in [-0.2, -0.15) is 0 Å². The number of anilines is 1. The highest BCUT2D eigenvalue weighted by Gasteiger charge is 2.25. The minimum Gasteiger partial charge on any atom is -0.349 e. The molecule has 148 valence electrons. The lowest BCUT2D eigenvalue weighted by molar-refractivity contribution is -0.113. The maximum atomic E-state index is 12.5. The average Bonchev–Trinajstić information content (AvgIpc) is 3.40. The van der Waals surface area contributed by atoms with Crippen molar-refractivity contribution in [1.82, 2.24) is 20.1 Å². The van der Waals surface area contributed by atoms with Crippen LogP contribution in [-0.4, -0.2) is 38.4 Å². The van der Waals surface area contributed by atoms with Crippen molar-refractivity contribution >= 4 is 40.9 Å². The van der Waals surface area contributed by atoms with Crippen LogP contribution in [-0.2, 0) is 4.79 Å². The number of nitrogens with zero attached hydrogens (tertiary/aromatic N) is 3. The minimum atomic E-state index is -0.234. The molecule has 2 amide bonds. The largest absolute Gasteiger partial charge is 0.349 e. The van der Waals surface area contributed by atoms with Crippen LogP contribution in [0.15, 0.2) is 60.0 Å². The quantitative estimate of drug-likeness (QED) is 0.563. The van der Waals surface area contributed by atoms with Crippen molar-refractivity contribution in [3.8, 4) is 5.69 Å². The molecule has 1 saturated carbocycles. The van der Waals surface area contributed by atoms with E-state index >= 15 is 0 Å². The fourth-order valence-electron chi connectivity index (χ4n) is 2.72. The van der Waals surface area contributed by atoms with Crippen LogP contribution >= 0.6 is 23.4 Å². The second-order valence-electron chi connectivity index (χ2n) is 6.59. The third kappa shape index (κ3) is 4.96. The first-order valence-electron chi connectivity index (χ1n) is 9.08. The second-order valence-corrected chi connectivity index (χ2v) is 7.97. The van der Waals surface area contributed by atoms with Gasteiger partial charge in [0.2, 0.25) is 5.91 Å². The molecule has 1 aliphatic rings. The van der Waals surface area contributed by atoms with Crippen molar-refractivity contribution in [3.05, 3.63) is 65.4 Å². The van der Waals surface area contributed by atoms with Gasteiger partial charge in [0.15, 0.2) is 5.16 Å². The smallest absolute Gasteiger partial charge is 0.253 e. The van der Waals surface area contributed by atoms with Gasteiger partial charge in [0.05, 0.1) is 22.7 Å². The average molecular weight is 428 g/mol. The van der Waals surface area contributed by atoms with Gasteiger partial charge in [0.25, 0.3) is 5.91 Å². The van der Waals surface area contributed by atoms with Crippen molar-refractivity contribution < 1.29 is 9.59 Å². The Morgan fingerprint density at radius 2 is 2.00 bits per heavy atom. The zero-order chi connectivity index (χ0) is 20.2. The Morgan fingerprint density at radius 1 is 1.17 bits per heavy atom. The van der Waals surface area contributed by atoms with Gasteiger partial charge in [-0.05, 0) is 43.2 Å². The molecule has 0 atom stereocenters. The van der Waals surface area contributed by atoms with Crippen LogP contribution < -0.4 is 10.6 Å². The Bertz CT molecular complexity index is 1050. The van der Waals surface area contributed by atoms with E-state index in [2.05, 4.69) is 20.8 Å². The number of thioether (sulfide) groups is 1. The molecule has 1 fully saturated rings. The fourth-order valence-corrected chi connectivity index (χ4v) is 3.64. The highest BCUT2D eigenvalue weighted by atomic mass is 35.5. The van der Waals surface area contributed by atoms with Gasteiger partial charge in [0.1, 0.15) is 6.33 Å². The van der Waals surface area contributed by atoms with Gasteiger partial charge in [-0.15, -0.1) is 10.2 Å². The lowest BCUT2D eigenvalue weighted by Gasteiger charge is -2.11. The van der Waals surface area contributed by atoms with E-state index in [1.807, 2.05) is 12.1 Å². The van der Waals surface area contributed by atoms with E-state index < -0.39 is 0 Å². The Kier molecular flexibility index (Phi) is 5.82. The number of aromatic nitrogens is 3. The van der Waals surface area contributed by atoms with Crippen LogP contribution in [0.2, 0.25) is 5.02 Å². The van der Waals surface area contributed by atoms with Gasteiger partial charge >= 0.3 is 0 Å². The fraction of sp³-hybridized carbons (Fsp3) is 0.200. The van der Waals surface area contributed by atoms with Crippen molar-refractivity contribution in [2.45, 2.75) is 24.0 Å². The Hall–Kier alpha value is -2.84. The standard InChI is InChI=1S/C20H18ClN5O2S/c21-13-4-3-5-15(10-13)26-12-22-25-20(26)29-11-18(27)24-17-7-2-1-6-16(17)19(28)23-14-8-9-14/h1-7,10,12,14H,8-9,11H2,(H,23,28)(H,24,27). The van der Waals surface area contributed by atoms with Crippen LogP contribution in [0.25, 0.3) is 5.69 Å². The van der Waals surface area contributed by atoms with Crippen molar-refractivity contribution in [2.24, 2.45) is 0 Å². The van der Waals surface area contributed by atoms with Gasteiger partial charge in [0, 0.05) is 11.1 Å². The molecular weight excluding hydrogens is 410 g/mol. The first-order valence-corrected chi connectivity index (χ1v) is 10.4. The molecule has 0 radical (unpaired) electrons. The molecule has 1 aliphatic carbocycles. The molecule has 2 N–H and O–H groups in total. The summed E-state index contributed by atoms with van der Waals surface area (Å²) in [6.07, 6.45) is 3.58. The number of rotatable bonds is 7. The highest BCUT2D eigenvalue weighted by Crippen LogP contribution is 2.23. The summed E-state index contributed by atoms with van der Waals surface area (Å²) < 4.78 is 1.76. The molecule has 2 aromatic carbocycles. The molecule has 0 saturated heterocycles. The summed E-state index contributed by atoms with van der Waals surface area (Å²) in [6, 6.07) is 14.5. The van der Waals surface area contributed by atoms with Crippen LogP contribution in [0.4, 0.5) is 5.69 Å². The molecule has 9 heteroatoms. The van der Waals surface area contributed by atoms with Crippen LogP contribution in [0.3, 0.4) is 0 Å². The molecule has 1 aromatic heterocycles. The Morgan fingerprint density at radius 3 is 2.79 bits per heavy atom. The van der Waals surface area contributed by atoms with Crippen molar-refractivity contribution in [2.75, 3.05) is 11.1 Å². The normalized spacial score (nSPS) is 13.1. The monoisotopic (exact) mass is 427 g/mol.